The zero-order valence-corrected chi connectivity index (χ0v) is 22.7. The van der Waals surface area contributed by atoms with E-state index in [2.05, 4.69) is 20.8 Å². The largest absolute Gasteiger partial charge is 0.0654 e. The molecule has 1 atom stereocenters. The monoisotopic (exact) mass is 437 g/mol. The summed E-state index contributed by atoms with van der Waals surface area (Å²) in [6.45, 7) is 7.10. The Kier molecular flexibility index (Phi) is 28.0. The van der Waals surface area contributed by atoms with Crippen molar-refractivity contribution in [1.82, 2.24) is 0 Å². The lowest BCUT2D eigenvalue weighted by Gasteiger charge is -2.11. The molecule has 0 radical (unpaired) electrons. The predicted octanol–water partition coefficient (Wildman–Crippen LogP) is 12.2. The van der Waals surface area contributed by atoms with Crippen LogP contribution in [0.5, 0.6) is 0 Å². The Bertz CT molecular complexity index is 294. The van der Waals surface area contributed by atoms with Gasteiger partial charge in [-0.3, -0.25) is 0 Å². The summed E-state index contributed by atoms with van der Waals surface area (Å²) in [6, 6.07) is 0. The van der Waals surface area contributed by atoms with E-state index in [9.17, 15) is 0 Å². The summed E-state index contributed by atoms with van der Waals surface area (Å²) in [6.07, 6.45) is 39.8. The molecular weight excluding hydrogens is 372 g/mol. The van der Waals surface area contributed by atoms with Crippen LogP contribution in [-0.4, -0.2) is 0 Å². The third-order valence-corrected chi connectivity index (χ3v) is 7.35. The maximum absolute atomic E-state index is 2.48. The Morgan fingerprint density at radius 1 is 0.290 bits per heavy atom. The summed E-state index contributed by atoms with van der Waals surface area (Å²) in [5.74, 6) is 0.970. The molecule has 0 spiro atoms. The van der Waals surface area contributed by atoms with Gasteiger partial charge in [-0.1, -0.05) is 194 Å². The summed E-state index contributed by atoms with van der Waals surface area (Å²) in [5.41, 5.74) is 0. The Morgan fingerprint density at radius 2 is 0.484 bits per heavy atom. The van der Waals surface area contributed by atoms with Gasteiger partial charge < -0.3 is 0 Å². The second kappa shape index (κ2) is 28.0. The van der Waals surface area contributed by atoms with E-state index in [1.807, 2.05) is 0 Å². The first-order valence-electron chi connectivity index (χ1n) is 15.3. The van der Waals surface area contributed by atoms with Crippen LogP contribution in [0.2, 0.25) is 0 Å². The van der Waals surface area contributed by atoms with Crippen LogP contribution >= 0.6 is 0 Å². The molecule has 0 N–H and O–H groups in total. The normalized spacial score (nSPS) is 12.5. The molecule has 0 saturated carbocycles. The lowest BCUT2D eigenvalue weighted by molar-refractivity contribution is 0.431. The van der Waals surface area contributed by atoms with Crippen molar-refractivity contribution in [3.8, 4) is 0 Å². The van der Waals surface area contributed by atoms with Crippen molar-refractivity contribution in [1.29, 1.82) is 0 Å². The summed E-state index contributed by atoms with van der Waals surface area (Å²) in [7, 11) is 0. The molecule has 0 amide bonds. The number of unbranched alkanes of at least 4 members (excludes halogenated alkanes) is 23. The van der Waals surface area contributed by atoms with Gasteiger partial charge >= 0.3 is 0 Å². The molecule has 0 aromatic rings. The Morgan fingerprint density at radius 3 is 0.710 bits per heavy atom. The second-order valence-electron chi connectivity index (χ2n) is 10.8. The van der Waals surface area contributed by atoms with E-state index in [0.717, 1.165) is 5.92 Å². The minimum atomic E-state index is 0.970. The van der Waals surface area contributed by atoms with Gasteiger partial charge in [0.2, 0.25) is 0 Å². The highest BCUT2D eigenvalue weighted by molar-refractivity contribution is 4.56. The van der Waals surface area contributed by atoms with Crippen LogP contribution in [0.15, 0.2) is 0 Å². The zero-order valence-electron chi connectivity index (χ0n) is 22.7. The summed E-state index contributed by atoms with van der Waals surface area (Å²) < 4.78 is 0. The van der Waals surface area contributed by atoms with Gasteiger partial charge in [0.1, 0.15) is 0 Å². The molecular formula is C31H64. The second-order valence-corrected chi connectivity index (χ2v) is 10.8. The van der Waals surface area contributed by atoms with Gasteiger partial charge in [-0.05, 0) is 5.92 Å². The third kappa shape index (κ3) is 28.0. The fourth-order valence-corrected chi connectivity index (χ4v) is 4.99. The van der Waals surface area contributed by atoms with E-state index in [-0.39, 0.29) is 0 Å². The lowest BCUT2D eigenvalue weighted by atomic mass is 9.96. The van der Waals surface area contributed by atoms with Crippen molar-refractivity contribution in [2.24, 2.45) is 5.92 Å². The quantitative estimate of drug-likeness (QED) is 0.112. The smallest absolute Gasteiger partial charge is 0.0443 e. The molecule has 0 heterocycles. The number of rotatable bonds is 27. The first-order chi connectivity index (χ1) is 15.3. The topological polar surface area (TPSA) is 0 Å². The highest BCUT2D eigenvalue weighted by Crippen LogP contribution is 2.19. The van der Waals surface area contributed by atoms with E-state index >= 15 is 0 Å². The molecule has 0 fully saturated rings. The molecule has 0 aliphatic heterocycles. The van der Waals surface area contributed by atoms with Gasteiger partial charge in [0, 0.05) is 0 Å². The maximum atomic E-state index is 2.48. The van der Waals surface area contributed by atoms with Crippen LogP contribution in [0, 0.1) is 5.92 Å². The summed E-state index contributed by atoms with van der Waals surface area (Å²) in [4.78, 5) is 0. The van der Waals surface area contributed by atoms with Gasteiger partial charge in [0.05, 0.1) is 0 Å². The van der Waals surface area contributed by atoms with Crippen LogP contribution in [0.1, 0.15) is 194 Å². The first-order valence-corrected chi connectivity index (χ1v) is 15.3. The highest BCUT2D eigenvalue weighted by Gasteiger charge is 2.02. The van der Waals surface area contributed by atoms with Crippen molar-refractivity contribution in [2.45, 2.75) is 194 Å². The van der Waals surface area contributed by atoms with Crippen LogP contribution < -0.4 is 0 Å². The van der Waals surface area contributed by atoms with E-state index in [0.29, 0.717) is 0 Å². The molecule has 188 valence electrons. The zero-order chi connectivity index (χ0) is 22.7. The highest BCUT2D eigenvalue weighted by atomic mass is 14.1. The standard InChI is InChI=1S/C31H64/c1-4-6-8-10-11-12-13-14-15-16-17-18-19-20-21-22-23-24-26-28-30-31(3)29-27-25-9-7-5-2/h31H,4-30H2,1-3H3. The SMILES string of the molecule is CCCCCCCCCCCCCCCCCCCCCCC(C)CCCCCCC. The Labute approximate surface area is 200 Å². The van der Waals surface area contributed by atoms with Crippen LogP contribution in [-0.2, 0) is 0 Å². The minimum Gasteiger partial charge on any atom is -0.0654 e. The lowest BCUT2D eigenvalue weighted by Crippen LogP contribution is -1.95. The molecule has 0 aliphatic rings. The molecule has 31 heavy (non-hydrogen) atoms. The van der Waals surface area contributed by atoms with Gasteiger partial charge in [0.15, 0.2) is 0 Å². The number of hydrogen-bond acceptors (Lipinski definition) is 0. The van der Waals surface area contributed by atoms with E-state index < -0.39 is 0 Å². The van der Waals surface area contributed by atoms with Crippen molar-refractivity contribution in [2.75, 3.05) is 0 Å². The van der Waals surface area contributed by atoms with Gasteiger partial charge in [-0.2, -0.15) is 0 Å². The molecule has 0 aromatic carbocycles. The molecule has 0 nitrogen and oxygen atoms in total. The molecule has 0 aliphatic carbocycles. The summed E-state index contributed by atoms with van der Waals surface area (Å²) >= 11 is 0. The van der Waals surface area contributed by atoms with Crippen molar-refractivity contribution in [3.05, 3.63) is 0 Å². The fourth-order valence-electron chi connectivity index (χ4n) is 4.99. The minimum absolute atomic E-state index is 0.970. The van der Waals surface area contributed by atoms with E-state index in [1.165, 1.54) is 173 Å². The van der Waals surface area contributed by atoms with Crippen molar-refractivity contribution in [3.63, 3.8) is 0 Å². The Balaban J connectivity index is 3.07. The average molecular weight is 437 g/mol. The molecule has 1 unspecified atom stereocenters. The first kappa shape index (κ1) is 31.0. The van der Waals surface area contributed by atoms with Crippen LogP contribution in [0.25, 0.3) is 0 Å². The number of hydrogen-bond donors (Lipinski definition) is 0. The van der Waals surface area contributed by atoms with E-state index in [4.69, 9.17) is 0 Å². The van der Waals surface area contributed by atoms with Gasteiger partial charge in [-0.25, -0.2) is 0 Å². The predicted molar refractivity (Wildman–Crippen MR) is 145 cm³/mol. The Hall–Kier alpha value is 0. The summed E-state index contributed by atoms with van der Waals surface area (Å²) in [5, 5.41) is 0. The molecule has 0 bridgehead atoms. The molecule has 0 rings (SSSR count). The molecule has 0 aromatic heterocycles. The van der Waals surface area contributed by atoms with Gasteiger partial charge in [-0.15, -0.1) is 0 Å². The fraction of sp³-hybridized carbons (Fsp3) is 1.00. The molecule has 0 saturated heterocycles. The third-order valence-electron chi connectivity index (χ3n) is 7.35. The van der Waals surface area contributed by atoms with Gasteiger partial charge in [0.25, 0.3) is 0 Å². The van der Waals surface area contributed by atoms with E-state index in [1.54, 1.807) is 0 Å². The van der Waals surface area contributed by atoms with Crippen LogP contribution in [0.3, 0.4) is 0 Å². The van der Waals surface area contributed by atoms with Crippen molar-refractivity contribution >= 4 is 0 Å². The molecule has 0 heteroatoms. The maximum Gasteiger partial charge on any atom is -0.0443 e. The van der Waals surface area contributed by atoms with Crippen LogP contribution in [0.4, 0.5) is 0 Å². The average Bonchev–Trinajstić information content (AvgIpc) is 2.77. The van der Waals surface area contributed by atoms with Crippen molar-refractivity contribution < 1.29 is 0 Å².